The molecule has 1 fully saturated rings. The standard InChI is InChI=1S/C13H12/c1-2-7-6(1)10-5-11-12(7)8-3-4-9(8)13(10)11/h5,8,10,12H,1-4H2. The predicted molar refractivity (Wildman–Crippen MR) is 51.1 cm³/mol. The van der Waals surface area contributed by atoms with Crippen molar-refractivity contribution in [2.75, 3.05) is 0 Å². The van der Waals surface area contributed by atoms with Gasteiger partial charge in [0.25, 0.3) is 0 Å². The normalized spacial score (nSPS) is 47.4. The molecule has 5 aliphatic rings. The molecule has 0 heterocycles. The molecule has 0 amide bonds. The van der Waals surface area contributed by atoms with E-state index in [4.69, 9.17) is 0 Å². The molecule has 4 bridgehead atoms. The van der Waals surface area contributed by atoms with Gasteiger partial charge < -0.3 is 0 Å². The number of hydrogen-bond acceptors (Lipinski definition) is 0. The third-order valence-electron chi connectivity index (χ3n) is 5.05. The highest BCUT2D eigenvalue weighted by atomic mass is 14.6. The second-order valence-electron chi connectivity index (χ2n) is 5.21. The van der Waals surface area contributed by atoms with E-state index in [0.717, 1.165) is 17.8 Å². The summed E-state index contributed by atoms with van der Waals surface area (Å²) in [5.41, 5.74) is 9.21. The second-order valence-corrected chi connectivity index (χ2v) is 5.21. The predicted octanol–water partition coefficient (Wildman–Crippen LogP) is 2.98. The zero-order valence-corrected chi connectivity index (χ0v) is 7.64. The minimum atomic E-state index is 0.843. The van der Waals surface area contributed by atoms with Crippen LogP contribution in [0.4, 0.5) is 0 Å². The van der Waals surface area contributed by atoms with Gasteiger partial charge in [0, 0.05) is 11.8 Å². The van der Waals surface area contributed by atoms with Gasteiger partial charge in [-0.1, -0.05) is 22.8 Å². The number of rotatable bonds is 0. The third-order valence-corrected chi connectivity index (χ3v) is 5.05. The third kappa shape index (κ3) is 0.394. The van der Waals surface area contributed by atoms with Gasteiger partial charge in [0.1, 0.15) is 0 Å². The summed E-state index contributed by atoms with van der Waals surface area (Å²) >= 11 is 0. The maximum atomic E-state index is 2.57. The van der Waals surface area contributed by atoms with Crippen LogP contribution in [-0.2, 0) is 0 Å². The van der Waals surface area contributed by atoms with Crippen molar-refractivity contribution in [1.82, 2.24) is 0 Å². The Balaban J connectivity index is 1.88. The van der Waals surface area contributed by atoms with E-state index in [0.29, 0.717) is 0 Å². The van der Waals surface area contributed by atoms with Crippen LogP contribution in [0.3, 0.4) is 0 Å². The Hall–Kier alpha value is -0.780. The smallest absolute Gasteiger partial charge is 0.0239 e. The Morgan fingerprint density at radius 3 is 2.62 bits per heavy atom. The van der Waals surface area contributed by atoms with E-state index >= 15 is 0 Å². The maximum absolute atomic E-state index is 2.57. The molecule has 0 heteroatoms. The van der Waals surface area contributed by atoms with Gasteiger partial charge in [0.05, 0.1) is 0 Å². The minimum Gasteiger partial charge on any atom is -0.0688 e. The Bertz CT molecular complexity index is 445. The molecular weight excluding hydrogens is 156 g/mol. The lowest BCUT2D eigenvalue weighted by Crippen LogP contribution is -2.33. The van der Waals surface area contributed by atoms with Crippen molar-refractivity contribution in [2.45, 2.75) is 25.7 Å². The van der Waals surface area contributed by atoms with E-state index in [1.54, 1.807) is 5.57 Å². The van der Waals surface area contributed by atoms with Crippen molar-refractivity contribution in [3.05, 3.63) is 33.9 Å². The summed E-state index contributed by atoms with van der Waals surface area (Å²) < 4.78 is 0. The van der Waals surface area contributed by atoms with E-state index in [9.17, 15) is 0 Å². The van der Waals surface area contributed by atoms with Gasteiger partial charge in [-0.3, -0.25) is 0 Å². The van der Waals surface area contributed by atoms with Gasteiger partial charge in [0.2, 0.25) is 0 Å². The molecule has 0 aliphatic heterocycles. The van der Waals surface area contributed by atoms with Gasteiger partial charge in [-0.05, 0) is 42.7 Å². The Morgan fingerprint density at radius 2 is 1.92 bits per heavy atom. The lowest BCUT2D eigenvalue weighted by atomic mass is 9.58. The molecular formula is C13H12. The average molecular weight is 168 g/mol. The molecule has 0 nitrogen and oxygen atoms in total. The molecule has 3 atom stereocenters. The van der Waals surface area contributed by atoms with Gasteiger partial charge in [-0.2, -0.15) is 0 Å². The van der Waals surface area contributed by atoms with Crippen LogP contribution < -0.4 is 0 Å². The molecule has 13 heavy (non-hydrogen) atoms. The molecule has 0 radical (unpaired) electrons. The largest absolute Gasteiger partial charge is 0.0688 e. The number of fused-ring (bicyclic) bond motifs is 4. The van der Waals surface area contributed by atoms with E-state index in [1.165, 1.54) is 25.7 Å². The molecule has 64 valence electrons. The number of allylic oxidation sites excluding steroid dienone is 6. The van der Waals surface area contributed by atoms with Crippen LogP contribution in [0.15, 0.2) is 33.9 Å². The summed E-state index contributed by atoms with van der Waals surface area (Å²) in [6, 6.07) is 0. The molecule has 0 saturated heterocycles. The molecule has 1 saturated carbocycles. The van der Waals surface area contributed by atoms with Crippen molar-refractivity contribution in [3.63, 3.8) is 0 Å². The first-order valence-corrected chi connectivity index (χ1v) is 5.62. The fraction of sp³-hybridized carbons (Fsp3) is 0.538. The minimum absolute atomic E-state index is 0.843. The summed E-state index contributed by atoms with van der Waals surface area (Å²) in [5.74, 6) is 2.77. The second kappa shape index (κ2) is 1.47. The highest BCUT2D eigenvalue weighted by Crippen LogP contribution is 2.69. The maximum Gasteiger partial charge on any atom is 0.0239 e. The molecule has 0 aromatic rings. The van der Waals surface area contributed by atoms with E-state index in [1.807, 2.05) is 22.3 Å². The molecule has 0 spiro atoms. The van der Waals surface area contributed by atoms with Gasteiger partial charge >= 0.3 is 0 Å². The summed E-state index contributed by atoms with van der Waals surface area (Å²) in [6.45, 7) is 0. The average Bonchev–Trinajstić information content (AvgIpc) is 2.11. The van der Waals surface area contributed by atoms with Crippen LogP contribution in [0.5, 0.6) is 0 Å². The summed E-state index contributed by atoms with van der Waals surface area (Å²) in [6.07, 6.45) is 8.35. The molecule has 0 aromatic carbocycles. The quantitative estimate of drug-likeness (QED) is 0.488. The first-order chi connectivity index (χ1) is 6.45. The van der Waals surface area contributed by atoms with E-state index in [2.05, 4.69) is 6.08 Å². The van der Waals surface area contributed by atoms with Gasteiger partial charge in [0.15, 0.2) is 0 Å². The zero-order valence-electron chi connectivity index (χ0n) is 7.64. The SMILES string of the molecule is C1=C2C3=C4CCC4C2C2=C(CC2)C13. The fourth-order valence-corrected chi connectivity index (χ4v) is 4.30. The van der Waals surface area contributed by atoms with Gasteiger partial charge in [-0.25, -0.2) is 0 Å². The first kappa shape index (κ1) is 5.85. The highest BCUT2D eigenvalue weighted by Gasteiger charge is 2.56. The van der Waals surface area contributed by atoms with E-state index < -0.39 is 0 Å². The van der Waals surface area contributed by atoms with Crippen LogP contribution >= 0.6 is 0 Å². The molecule has 3 unspecified atom stereocenters. The van der Waals surface area contributed by atoms with Gasteiger partial charge in [-0.15, -0.1) is 0 Å². The number of hydrogen-bond donors (Lipinski definition) is 0. The van der Waals surface area contributed by atoms with Crippen LogP contribution in [0.25, 0.3) is 0 Å². The van der Waals surface area contributed by atoms with Crippen LogP contribution in [0, 0.1) is 17.8 Å². The molecule has 0 N–H and O–H groups in total. The van der Waals surface area contributed by atoms with Crippen molar-refractivity contribution in [2.24, 2.45) is 17.8 Å². The summed E-state index contributed by atoms with van der Waals surface area (Å²) in [4.78, 5) is 0. The molecule has 0 aromatic heterocycles. The van der Waals surface area contributed by atoms with Crippen molar-refractivity contribution < 1.29 is 0 Å². The topological polar surface area (TPSA) is 0 Å². The summed E-state index contributed by atoms with van der Waals surface area (Å²) in [7, 11) is 0. The van der Waals surface area contributed by atoms with Crippen molar-refractivity contribution in [3.8, 4) is 0 Å². The Kier molecular flexibility index (Phi) is 0.662. The lowest BCUT2D eigenvalue weighted by molar-refractivity contribution is 0.367. The molecule has 5 rings (SSSR count). The summed E-state index contributed by atoms with van der Waals surface area (Å²) in [5, 5.41) is 0. The van der Waals surface area contributed by atoms with Crippen molar-refractivity contribution >= 4 is 0 Å². The van der Waals surface area contributed by atoms with Crippen molar-refractivity contribution in [1.29, 1.82) is 0 Å². The highest BCUT2D eigenvalue weighted by molar-refractivity contribution is 5.69. The lowest BCUT2D eigenvalue weighted by Gasteiger charge is -2.46. The Labute approximate surface area is 78.0 Å². The van der Waals surface area contributed by atoms with Crippen LogP contribution in [0.2, 0.25) is 0 Å². The monoisotopic (exact) mass is 168 g/mol. The zero-order chi connectivity index (χ0) is 8.15. The van der Waals surface area contributed by atoms with Crippen LogP contribution in [0.1, 0.15) is 25.7 Å². The molecule has 5 aliphatic carbocycles. The first-order valence-electron chi connectivity index (χ1n) is 5.62. The van der Waals surface area contributed by atoms with E-state index in [-0.39, 0.29) is 0 Å². The Morgan fingerprint density at radius 1 is 1.00 bits per heavy atom. The van der Waals surface area contributed by atoms with Crippen LogP contribution in [-0.4, -0.2) is 0 Å². The fourth-order valence-electron chi connectivity index (χ4n) is 4.30.